The molecule has 0 aromatic carbocycles. The zero-order chi connectivity index (χ0) is 13.3. The molecule has 1 aliphatic rings. The molecule has 18 heavy (non-hydrogen) atoms. The number of likely N-dealkylation sites (N-methyl/N-ethyl adjacent to an activating group) is 1. The second-order valence-corrected chi connectivity index (χ2v) is 9.31. The molecule has 1 aliphatic heterocycles. The minimum Gasteiger partial charge on any atom is -0.313 e. The highest BCUT2D eigenvalue weighted by atomic mass is 79.9. The fourth-order valence-corrected chi connectivity index (χ4v) is 5.75. The molecule has 0 aliphatic carbocycles. The maximum atomic E-state index is 12.3. The minimum absolute atomic E-state index is 0.253. The largest absolute Gasteiger partial charge is 0.313 e. The van der Waals surface area contributed by atoms with Crippen LogP contribution in [0.5, 0.6) is 0 Å². The Hall–Kier alpha value is 0.340. The maximum absolute atomic E-state index is 12.3. The summed E-state index contributed by atoms with van der Waals surface area (Å²) in [7, 11) is -1.82. The van der Waals surface area contributed by atoms with E-state index >= 15 is 0 Å². The summed E-state index contributed by atoms with van der Waals surface area (Å²) in [6.45, 7) is 1.46. The van der Waals surface area contributed by atoms with E-state index in [1.807, 2.05) is 0 Å². The normalized spacial score (nSPS) is 20.8. The van der Waals surface area contributed by atoms with Gasteiger partial charge >= 0.3 is 0 Å². The predicted octanol–water partition coefficient (Wildman–Crippen LogP) is 2.54. The van der Waals surface area contributed by atoms with Gasteiger partial charge in [-0.1, -0.05) is 11.6 Å². The first-order chi connectivity index (χ1) is 8.41. The van der Waals surface area contributed by atoms with Crippen molar-refractivity contribution in [2.45, 2.75) is 23.1 Å². The third-order valence-electron chi connectivity index (χ3n) is 2.93. The van der Waals surface area contributed by atoms with Crippen LogP contribution < -0.4 is 5.32 Å². The molecule has 1 aromatic rings. The van der Waals surface area contributed by atoms with Crippen LogP contribution in [0.4, 0.5) is 0 Å². The van der Waals surface area contributed by atoms with E-state index in [2.05, 4.69) is 21.2 Å². The molecule has 102 valence electrons. The van der Waals surface area contributed by atoms with Gasteiger partial charge in [-0.05, 0) is 41.4 Å². The Balaban J connectivity index is 2.14. The molecule has 1 saturated heterocycles. The van der Waals surface area contributed by atoms with E-state index < -0.39 is 10.0 Å². The van der Waals surface area contributed by atoms with Crippen LogP contribution in [0.15, 0.2) is 14.1 Å². The van der Waals surface area contributed by atoms with E-state index in [9.17, 15) is 8.42 Å². The van der Waals surface area contributed by atoms with Gasteiger partial charge in [-0.2, -0.15) is 4.31 Å². The van der Waals surface area contributed by atoms with Crippen LogP contribution in [0.1, 0.15) is 12.8 Å². The average Bonchev–Trinajstić information content (AvgIpc) is 2.90. The van der Waals surface area contributed by atoms with E-state index in [4.69, 9.17) is 11.6 Å². The van der Waals surface area contributed by atoms with E-state index in [0.29, 0.717) is 15.4 Å². The zero-order valence-electron chi connectivity index (χ0n) is 9.82. The highest BCUT2D eigenvalue weighted by molar-refractivity contribution is 9.11. The fourth-order valence-electron chi connectivity index (χ4n) is 1.93. The summed E-state index contributed by atoms with van der Waals surface area (Å²) in [5.41, 5.74) is 0. The van der Waals surface area contributed by atoms with Gasteiger partial charge in [-0.3, -0.25) is 0 Å². The Bertz CT molecular complexity index is 506. The van der Waals surface area contributed by atoms with E-state index in [1.165, 1.54) is 10.4 Å². The lowest BCUT2D eigenvalue weighted by atomic mass is 10.2. The van der Waals surface area contributed by atoms with Crippen LogP contribution in [0.25, 0.3) is 0 Å². The lowest BCUT2D eigenvalue weighted by Crippen LogP contribution is -2.38. The van der Waals surface area contributed by atoms with Crippen molar-refractivity contribution in [3.63, 3.8) is 0 Å². The zero-order valence-corrected chi connectivity index (χ0v) is 13.8. The summed E-state index contributed by atoms with van der Waals surface area (Å²) >= 11 is 10.3. The molecule has 1 aromatic heterocycles. The maximum Gasteiger partial charge on any atom is 0.252 e. The van der Waals surface area contributed by atoms with Crippen molar-refractivity contribution in [3.8, 4) is 0 Å². The molecule has 0 spiro atoms. The SMILES string of the molecule is CN(CC1CCCN1)S(=O)(=O)c1cc(Cl)c(Br)s1. The first kappa shape index (κ1) is 14.7. The third-order valence-corrected chi connectivity index (χ3v) is 7.67. The smallest absolute Gasteiger partial charge is 0.252 e. The van der Waals surface area contributed by atoms with E-state index in [-0.39, 0.29) is 10.3 Å². The summed E-state index contributed by atoms with van der Waals surface area (Å²) in [6, 6.07) is 1.74. The van der Waals surface area contributed by atoms with Crippen LogP contribution in [-0.4, -0.2) is 38.9 Å². The second-order valence-electron chi connectivity index (χ2n) is 4.27. The predicted molar refractivity (Wildman–Crippen MR) is 77.9 cm³/mol. The molecule has 1 fully saturated rings. The summed E-state index contributed by atoms with van der Waals surface area (Å²) in [5.74, 6) is 0. The van der Waals surface area contributed by atoms with Gasteiger partial charge in [0.2, 0.25) is 0 Å². The molecular weight excluding hydrogens is 360 g/mol. The number of sulfonamides is 1. The van der Waals surface area contributed by atoms with Gasteiger partial charge in [0.25, 0.3) is 10.0 Å². The van der Waals surface area contributed by atoms with Crippen molar-refractivity contribution >= 4 is 48.9 Å². The molecule has 2 rings (SSSR count). The number of nitrogens with zero attached hydrogens (tertiary/aromatic N) is 1. The molecule has 1 unspecified atom stereocenters. The quantitative estimate of drug-likeness (QED) is 0.882. The Morgan fingerprint density at radius 2 is 2.39 bits per heavy atom. The highest BCUT2D eigenvalue weighted by Gasteiger charge is 2.27. The summed E-state index contributed by atoms with van der Waals surface area (Å²) in [5, 5.41) is 3.73. The van der Waals surface area contributed by atoms with Gasteiger partial charge in [0, 0.05) is 19.6 Å². The van der Waals surface area contributed by atoms with E-state index in [0.717, 1.165) is 30.7 Å². The molecule has 0 bridgehead atoms. The molecule has 4 nitrogen and oxygen atoms in total. The Labute approximate surface area is 124 Å². The van der Waals surface area contributed by atoms with Crippen LogP contribution in [-0.2, 0) is 10.0 Å². The Kier molecular flexibility index (Phi) is 4.72. The molecule has 0 radical (unpaired) electrons. The summed E-state index contributed by atoms with van der Waals surface area (Å²) in [4.78, 5) is 0. The molecule has 2 heterocycles. The first-order valence-electron chi connectivity index (χ1n) is 5.56. The minimum atomic E-state index is -3.43. The Morgan fingerprint density at radius 1 is 1.67 bits per heavy atom. The van der Waals surface area contributed by atoms with Crippen LogP contribution in [0.2, 0.25) is 5.02 Å². The van der Waals surface area contributed by atoms with Crippen molar-refractivity contribution in [2.75, 3.05) is 20.1 Å². The monoisotopic (exact) mass is 372 g/mol. The number of halogens is 2. The standard InChI is InChI=1S/C10H14BrClN2O2S2/c1-14(6-7-3-2-4-13-7)18(15,16)9-5-8(12)10(11)17-9/h5,7,13H,2-4,6H2,1H3. The van der Waals surface area contributed by atoms with Crippen molar-refractivity contribution in [1.82, 2.24) is 9.62 Å². The van der Waals surface area contributed by atoms with Crippen LogP contribution in [0.3, 0.4) is 0 Å². The highest BCUT2D eigenvalue weighted by Crippen LogP contribution is 2.35. The summed E-state index contributed by atoms with van der Waals surface area (Å²) in [6.07, 6.45) is 2.13. The second kappa shape index (κ2) is 5.76. The topological polar surface area (TPSA) is 49.4 Å². The lowest BCUT2D eigenvalue weighted by molar-refractivity contribution is 0.418. The molecule has 8 heteroatoms. The van der Waals surface area contributed by atoms with Crippen molar-refractivity contribution < 1.29 is 8.42 Å². The first-order valence-corrected chi connectivity index (χ1v) is 8.98. The van der Waals surface area contributed by atoms with Gasteiger partial charge in [0.05, 0.1) is 8.81 Å². The number of rotatable bonds is 4. The number of hydrogen-bond donors (Lipinski definition) is 1. The van der Waals surface area contributed by atoms with Gasteiger partial charge in [-0.15, -0.1) is 11.3 Å². The Morgan fingerprint density at radius 3 is 2.89 bits per heavy atom. The number of thiophene rings is 1. The molecule has 1 N–H and O–H groups in total. The van der Waals surface area contributed by atoms with Crippen LogP contribution in [0, 0.1) is 0 Å². The average molecular weight is 374 g/mol. The molecular formula is C10H14BrClN2O2S2. The molecule has 0 amide bonds. The molecule has 0 saturated carbocycles. The summed E-state index contributed by atoms with van der Waals surface area (Å²) < 4.78 is 26.9. The van der Waals surface area contributed by atoms with Crippen LogP contribution >= 0.6 is 38.9 Å². The number of nitrogens with one attached hydrogen (secondary N) is 1. The van der Waals surface area contributed by atoms with Gasteiger partial charge in [0.15, 0.2) is 0 Å². The van der Waals surface area contributed by atoms with Gasteiger partial charge < -0.3 is 5.32 Å². The van der Waals surface area contributed by atoms with Crippen molar-refractivity contribution in [2.24, 2.45) is 0 Å². The fraction of sp³-hybridized carbons (Fsp3) is 0.600. The van der Waals surface area contributed by atoms with Gasteiger partial charge in [-0.25, -0.2) is 8.42 Å². The van der Waals surface area contributed by atoms with Crippen molar-refractivity contribution in [1.29, 1.82) is 0 Å². The third kappa shape index (κ3) is 3.08. The van der Waals surface area contributed by atoms with Crippen molar-refractivity contribution in [3.05, 3.63) is 14.9 Å². The lowest BCUT2D eigenvalue weighted by Gasteiger charge is -2.20. The number of hydrogen-bond acceptors (Lipinski definition) is 4. The van der Waals surface area contributed by atoms with E-state index in [1.54, 1.807) is 7.05 Å². The molecule has 1 atom stereocenters. The van der Waals surface area contributed by atoms with Gasteiger partial charge in [0.1, 0.15) is 4.21 Å².